The number of amides is 2. The number of halogens is 1. The number of hydrazone groups is 1. The molecule has 3 rings (SSSR count). The maximum Gasteiger partial charge on any atom is 0.341 e. The van der Waals surface area contributed by atoms with Gasteiger partial charge in [-0.15, -0.1) is 11.3 Å². The summed E-state index contributed by atoms with van der Waals surface area (Å²) in [5.74, 6) is -2.84. The van der Waals surface area contributed by atoms with Crippen LogP contribution in [0.25, 0.3) is 0 Å². The molecule has 1 aromatic heterocycles. The molecule has 2 amide bonds. The summed E-state index contributed by atoms with van der Waals surface area (Å²) in [4.78, 5) is 37.6. The van der Waals surface area contributed by atoms with Crippen LogP contribution in [0.4, 0.5) is 9.39 Å². The van der Waals surface area contributed by atoms with E-state index >= 15 is 0 Å². The van der Waals surface area contributed by atoms with Crippen molar-refractivity contribution in [2.45, 2.75) is 32.6 Å². The molecular weight excluding hydrogens is 397 g/mol. The van der Waals surface area contributed by atoms with E-state index in [1.54, 1.807) is 6.92 Å². The zero-order valence-electron chi connectivity index (χ0n) is 16.0. The molecule has 0 fully saturated rings. The minimum Gasteiger partial charge on any atom is -0.465 e. The third kappa shape index (κ3) is 4.68. The van der Waals surface area contributed by atoms with E-state index in [4.69, 9.17) is 4.74 Å². The van der Waals surface area contributed by atoms with Crippen molar-refractivity contribution in [2.24, 2.45) is 5.10 Å². The Labute approximate surface area is 171 Å². The molecule has 7 nitrogen and oxygen atoms in total. The molecule has 9 heteroatoms. The van der Waals surface area contributed by atoms with Crippen molar-refractivity contribution in [3.05, 3.63) is 51.7 Å². The highest BCUT2D eigenvalue weighted by atomic mass is 32.1. The third-order valence-corrected chi connectivity index (χ3v) is 5.79. The third-order valence-electron chi connectivity index (χ3n) is 4.58. The van der Waals surface area contributed by atoms with E-state index in [1.165, 1.54) is 42.7 Å². The molecule has 0 unspecified atom stereocenters. The molecule has 0 spiro atoms. The topological polar surface area (TPSA) is 96.9 Å². The molecule has 1 aliphatic rings. The van der Waals surface area contributed by atoms with Crippen LogP contribution >= 0.6 is 11.3 Å². The minimum atomic E-state index is -0.978. The molecule has 2 N–H and O–H groups in total. The van der Waals surface area contributed by atoms with Gasteiger partial charge in [0.05, 0.1) is 18.4 Å². The first-order chi connectivity index (χ1) is 13.9. The van der Waals surface area contributed by atoms with Crippen LogP contribution in [0.3, 0.4) is 0 Å². The number of thiophene rings is 1. The first kappa shape index (κ1) is 20.7. The van der Waals surface area contributed by atoms with Crippen LogP contribution in [-0.4, -0.2) is 30.6 Å². The smallest absolute Gasteiger partial charge is 0.341 e. The van der Waals surface area contributed by atoms with Crippen LogP contribution in [0.5, 0.6) is 0 Å². The highest BCUT2D eigenvalue weighted by molar-refractivity contribution is 7.17. The van der Waals surface area contributed by atoms with Crippen LogP contribution in [0.15, 0.2) is 29.4 Å². The lowest BCUT2D eigenvalue weighted by Gasteiger charge is -2.11. The van der Waals surface area contributed by atoms with E-state index < -0.39 is 17.8 Å². The van der Waals surface area contributed by atoms with Crippen LogP contribution in [0, 0.1) is 5.82 Å². The fraction of sp³-hybridized carbons (Fsp3) is 0.300. The first-order valence-electron chi connectivity index (χ1n) is 9.05. The molecular formula is C20H20FN3O4S. The summed E-state index contributed by atoms with van der Waals surface area (Å²) in [6.07, 6.45) is 3.53. The van der Waals surface area contributed by atoms with Crippen molar-refractivity contribution >= 4 is 39.8 Å². The van der Waals surface area contributed by atoms with E-state index in [9.17, 15) is 18.8 Å². The van der Waals surface area contributed by atoms with Crippen molar-refractivity contribution in [2.75, 3.05) is 12.4 Å². The van der Waals surface area contributed by atoms with Crippen molar-refractivity contribution in [1.29, 1.82) is 0 Å². The van der Waals surface area contributed by atoms with Crippen LogP contribution in [0.2, 0.25) is 0 Å². The number of nitrogens with zero attached hydrogens (tertiary/aromatic N) is 1. The largest absolute Gasteiger partial charge is 0.465 e. The molecule has 1 heterocycles. The Kier molecular flexibility index (Phi) is 6.38. The predicted octanol–water partition coefficient (Wildman–Crippen LogP) is 3.03. The minimum absolute atomic E-state index is 0.308. The molecule has 0 saturated heterocycles. The lowest BCUT2D eigenvalue weighted by Crippen LogP contribution is -2.33. The summed E-state index contributed by atoms with van der Waals surface area (Å²) >= 11 is 1.29. The number of carbonyl (C=O) groups excluding carboxylic acids is 3. The average molecular weight is 417 g/mol. The Morgan fingerprint density at radius 1 is 1.10 bits per heavy atom. The van der Waals surface area contributed by atoms with Gasteiger partial charge in [-0.25, -0.2) is 14.6 Å². The molecule has 1 aliphatic carbocycles. The SMILES string of the molecule is COC(=O)c1c(NC(=O)C(=O)NN=C(C)c2ccc(F)cc2)sc2c1CCCC2. The number of methoxy groups -OCH3 is 1. The van der Waals surface area contributed by atoms with Crippen molar-refractivity contribution in [3.63, 3.8) is 0 Å². The Morgan fingerprint density at radius 2 is 1.79 bits per heavy atom. The second-order valence-corrected chi connectivity index (χ2v) is 7.61. The predicted molar refractivity (Wildman–Crippen MR) is 108 cm³/mol. The molecule has 152 valence electrons. The van der Waals surface area contributed by atoms with Gasteiger partial charge in [-0.2, -0.15) is 5.10 Å². The molecule has 29 heavy (non-hydrogen) atoms. The lowest BCUT2D eigenvalue weighted by molar-refractivity contribution is -0.136. The molecule has 0 bridgehead atoms. The van der Waals surface area contributed by atoms with Crippen molar-refractivity contribution in [1.82, 2.24) is 5.43 Å². The second-order valence-electron chi connectivity index (χ2n) is 6.51. The molecule has 0 radical (unpaired) electrons. The molecule has 0 saturated carbocycles. The monoisotopic (exact) mass is 417 g/mol. The highest BCUT2D eigenvalue weighted by Crippen LogP contribution is 2.38. The number of anilines is 1. The average Bonchev–Trinajstić information content (AvgIpc) is 3.09. The molecule has 1 aromatic carbocycles. The Bertz CT molecular complexity index is 982. The number of hydrogen-bond acceptors (Lipinski definition) is 6. The molecule has 2 aromatic rings. The highest BCUT2D eigenvalue weighted by Gasteiger charge is 2.28. The van der Waals surface area contributed by atoms with Gasteiger partial charge < -0.3 is 10.1 Å². The van der Waals surface area contributed by atoms with Gasteiger partial charge in [0.2, 0.25) is 0 Å². The van der Waals surface area contributed by atoms with Gasteiger partial charge in [0.25, 0.3) is 0 Å². The van der Waals surface area contributed by atoms with E-state index in [0.29, 0.717) is 21.8 Å². The fourth-order valence-corrected chi connectivity index (χ4v) is 4.35. The van der Waals surface area contributed by atoms with Gasteiger partial charge in [0.1, 0.15) is 10.8 Å². The summed E-state index contributed by atoms with van der Waals surface area (Å²) in [5, 5.41) is 6.68. The number of esters is 1. The summed E-state index contributed by atoms with van der Waals surface area (Å²) in [6.45, 7) is 1.62. The summed E-state index contributed by atoms with van der Waals surface area (Å²) in [5.41, 5.74) is 4.39. The number of hydrogen-bond donors (Lipinski definition) is 2. The van der Waals surface area contributed by atoms with Gasteiger partial charge >= 0.3 is 17.8 Å². The van der Waals surface area contributed by atoms with Gasteiger partial charge in [-0.3, -0.25) is 9.59 Å². The normalized spacial score (nSPS) is 13.4. The van der Waals surface area contributed by atoms with Crippen LogP contribution in [0.1, 0.15) is 46.1 Å². The van der Waals surface area contributed by atoms with E-state index in [2.05, 4.69) is 15.8 Å². The number of nitrogens with one attached hydrogen (secondary N) is 2. The van der Waals surface area contributed by atoms with Crippen LogP contribution in [-0.2, 0) is 27.2 Å². The number of fused-ring (bicyclic) bond motifs is 1. The van der Waals surface area contributed by atoms with E-state index in [1.807, 2.05) is 0 Å². The first-order valence-corrected chi connectivity index (χ1v) is 9.86. The maximum atomic E-state index is 13.0. The van der Waals surface area contributed by atoms with Crippen molar-refractivity contribution < 1.29 is 23.5 Å². The second kappa shape index (κ2) is 8.95. The summed E-state index contributed by atoms with van der Waals surface area (Å²) < 4.78 is 17.8. The zero-order chi connectivity index (χ0) is 21.0. The number of carbonyl (C=O) groups is 3. The Balaban J connectivity index is 1.72. The van der Waals surface area contributed by atoms with E-state index in [0.717, 1.165) is 36.1 Å². The molecule has 0 atom stereocenters. The van der Waals surface area contributed by atoms with Gasteiger partial charge in [0.15, 0.2) is 0 Å². The maximum absolute atomic E-state index is 13.0. The van der Waals surface area contributed by atoms with Gasteiger partial charge in [-0.1, -0.05) is 12.1 Å². The van der Waals surface area contributed by atoms with E-state index in [-0.39, 0.29) is 5.82 Å². The standard InChI is InChI=1S/C20H20FN3O4S/c1-11(12-7-9-13(21)10-8-12)23-24-18(26)17(25)22-19-16(20(27)28-2)14-5-3-4-6-15(14)29-19/h7-10H,3-6H2,1-2H3,(H,22,25)(H,24,26). The van der Waals surface area contributed by atoms with Crippen LogP contribution < -0.4 is 10.7 Å². The quantitative estimate of drug-likeness (QED) is 0.346. The Morgan fingerprint density at radius 3 is 2.48 bits per heavy atom. The fourth-order valence-electron chi connectivity index (χ4n) is 3.07. The van der Waals surface area contributed by atoms with Crippen molar-refractivity contribution in [3.8, 4) is 0 Å². The zero-order valence-corrected chi connectivity index (χ0v) is 16.8. The molecule has 0 aliphatic heterocycles. The number of ether oxygens (including phenoxy) is 1. The summed E-state index contributed by atoms with van der Waals surface area (Å²) in [6, 6.07) is 5.57. The van der Waals surface area contributed by atoms with Gasteiger partial charge in [-0.05, 0) is 55.9 Å². The number of aryl methyl sites for hydroxylation is 1. The Hall–Kier alpha value is -3.07. The number of benzene rings is 1. The lowest BCUT2D eigenvalue weighted by atomic mass is 9.95. The van der Waals surface area contributed by atoms with Gasteiger partial charge in [0, 0.05) is 4.88 Å². The number of rotatable bonds is 4. The summed E-state index contributed by atoms with van der Waals surface area (Å²) in [7, 11) is 1.28.